The van der Waals surface area contributed by atoms with Gasteiger partial charge in [0.05, 0.1) is 35.5 Å². The summed E-state index contributed by atoms with van der Waals surface area (Å²) >= 11 is 0. The van der Waals surface area contributed by atoms with Crippen LogP contribution in [-0.4, -0.2) is 68.6 Å². The van der Waals surface area contributed by atoms with Crippen LogP contribution in [0.4, 0.5) is 0 Å². The number of terminal acetylenes is 5. The highest BCUT2D eigenvalue weighted by Crippen LogP contribution is 2.42. The molecule has 0 heterocycles. The predicted octanol–water partition coefficient (Wildman–Crippen LogP) is 8.06. The van der Waals surface area contributed by atoms with Crippen molar-refractivity contribution in [3.8, 4) is 119 Å². The standard InChI is InChI=1S/C55H50O10/c1-11-16-61-51-31-36-22-42-27-48(58-8)38(33-53(42)63-18-13-3)24-44-29-50(60-10)40(35-55(44)65-20-15-5)25-45-30-49(59-9)39(34-54(45)64-19-14-4)23-43-28-47(57-7)37(32-52(43)62-17-12-2)21-41(51)26-46(36)56-6/h1-5,26-35H,16-25H2,6-10H3. The third kappa shape index (κ3) is 10.9. The SMILES string of the molecule is C#CCOc1cc2c(OC)cc1Cc1cc(OCC#C)c(cc1OC)Cc1cc(OCC#C)c(cc1OC)Cc1cc(OCC#C)c(cc1OC)Cc1cc(OCC#C)c(cc1OC)C2. The van der Waals surface area contributed by atoms with Gasteiger partial charge in [-0.1, -0.05) is 29.6 Å². The van der Waals surface area contributed by atoms with E-state index in [1.54, 1.807) is 35.5 Å². The van der Waals surface area contributed by atoms with E-state index < -0.39 is 0 Å². The zero-order chi connectivity index (χ0) is 46.3. The van der Waals surface area contributed by atoms with Crippen molar-refractivity contribution in [3.63, 3.8) is 0 Å². The van der Waals surface area contributed by atoms with Crippen LogP contribution in [0.5, 0.6) is 57.5 Å². The van der Waals surface area contributed by atoms with Crippen molar-refractivity contribution in [2.24, 2.45) is 0 Å². The molecular formula is C55H50O10. The van der Waals surface area contributed by atoms with Crippen molar-refractivity contribution in [1.82, 2.24) is 0 Å². The van der Waals surface area contributed by atoms with Crippen LogP contribution >= 0.6 is 0 Å². The van der Waals surface area contributed by atoms with Crippen molar-refractivity contribution < 1.29 is 47.4 Å². The Balaban J connectivity index is 1.66. The summed E-state index contributed by atoms with van der Waals surface area (Å²) in [6.07, 6.45) is 30.4. The molecule has 0 unspecified atom stereocenters. The van der Waals surface area contributed by atoms with Gasteiger partial charge in [-0.2, -0.15) is 0 Å². The van der Waals surface area contributed by atoms with Gasteiger partial charge in [0, 0.05) is 87.7 Å². The Hall–Kier alpha value is -8.10. The first-order valence-corrected chi connectivity index (χ1v) is 20.5. The smallest absolute Gasteiger partial charge is 0.148 e. The van der Waals surface area contributed by atoms with Crippen LogP contribution in [0.1, 0.15) is 55.6 Å². The Bertz CT molecular complexity index is 2310. The first kappa shape index (κ1) is 46.4. The Labute approximate surface area is 382 Å². The van der Waals surface area contributed by atoms with E-state index in [1.165, 1.54) is 0 Å². The van der Waals surface area contributed by atoms with Crippen LogP contribution in [0.25, 0.3) is 0 Å². The highest BCUT2D eigenvalue weighted by atomic mass is 16.5. The monoisotopic (exact) mass is 870 g/mol. The second-order valence-corrected chi connectivity index (χ2v) is 14.7. The van der Waals surface area contributed by atoms with Gasteiger partial charge in [-0.25, -0.2) is 0 Å². The highest BCUT2D eigenvalue weighted by Gasteiger charge is 2.24. The number of hydrogen-bond donors (Lipinski definition) is 0. The number of hydrogen-bond acceptors (Lipinski definition) is 10. The lowest BCUT2D eigenvalue weighted by Crippen LogP contribution is -2.07. The molecule has 5 aromatic rings. The fraction of sp³-hybridized carbons (Fsp3) is 0.273. The number of benzene rings is 5. The first-order chi connectivity index (χ1) is 31.7. The molecule has 0 saturated carbocycles. The second kappa shape index (κ2) is 22.3. The summed E-state index contributed by atoms with van der Waals surface area (Å²) in [5.41, 5.74) is 7.91. The molecule has 5 aromatic carbocycles. The summed E-state index contributed by atoms with van der Waals surface area (Å²) in [7, 11) is 8.08. The van der Waals surface area contributed by atoms with Crippen molar-refractivity contribution >= 4 is 0 Å². The lowest BCUT2D eigenvalue weighted by Gasteiger charge is -2.20. The quantitative estimate of drug-likeness (QED) is 0.0945. The molecule has 0 aliphatic heterocycles. The van der Waals surface area contributed by atoms with E-state index in [9.17, 15) is 0 Å². The molecule has 10 bridgehead atoms. The molecule has 0 radical (unpaired) electrons. The normalized spacial score (nSPS) is 11.4. The summed E-state index contributed by atoms with van der Waals surface area (Å²) in [5.74, 6) is 18.7. The highest BCUT2D eigenvalue weighted by molar-refractivity contribution is 5.59. The van der Waals surface area contributed by atoms with Crippen LogP contribution in [0.2, 0.25) is 0 Å². The van der Waals surface area contributed by atoms with Gasteiger partial charge >= 0.3 is 0 Å². The van der Waals surface area contributed by atoms with Gasteiger partial charge in [-0.3, -0.25) is 0 Å². The van der Waals surface area contributed by atoms with E-state index in [2.05, 4.69) is 29.6 Å². The molecule has 330 valence electrons. The molecule has 10 nitrogen and oxygen atoms in total. The molecular weight excluding hydrogens is 821 g/mol. The lowest BCUT2D eigenvalue weighted by molar-refractivity contribution is 0.358. The molecule has 0 aromatic heterocycles. The van der Waals surface area contributed by atoms with Crippen LogP contribution in [-0.2, 0) is 32.1 Å². The molecule has 0 amide bonds. The molecule has 0 atom stereocenters. The second-order valence-electron chi connectivity index (χ2n) is 14.7. The van der Waals surface area contributed by atoms with E-state index in [-0.39, 0.29) is 33.0 Å². The first-order valence-electron chi connectivity index (χ1n) is 20.5. The van der Waals surface area contributed by atoms with E-state index in [1.807, 2.05) is 60.7 Å². The predicted molar refractivity (Wildman–Crippen MR) is 251 cm³/mol. The van der Waals surface area contributed by atoms with E-state index >= 15 is 0 Å². The zero-order valence-corrected chi connectivity index (χ0v) is 37.3. The summed E-state index contributed by atoms with van der Waals surface area (Å²) < 4.78 is 61.3. The molecule has 0 N–H and O–H groups in total. The average molecular weight is 871 g/mol. The van der Waals surface area contributed by atoms with E-state index in [0.717, 1.165) is 55.6 Å². The maximum absolute atomic E-state index is 6.22. The molecule has 10 heteroatoms. The van der Waals surface area contributed by atoms with Gasteiger partial charge in [0.25, 0.3) is 0 Å². The van der Waals surface area contributed by atoms with Crippen molar-refractivity contribution in [2.45, 2.75) is 32.1 Å². The Morgan fingerprint density at radius 2 is 0.415 bits per heavy atom. The molecule has 10 aliphatic carbocycles. The van der Waals surface area contributed by atoms with Crippen LogP contribution in [0.15, 0.2) is 60.7 Å². The fourth-order valence-corrected chi connectivity index (χ4v) is 7.85. The van der Waals surface area contributed by atoms with Crippen LogP contribution in [0, 0.1) is 61.7 Å². The molecule has 15 rings (SSSR count). The minimum atomic E-state index is 0.0247. The summed E-state index contributed by atoms with van der Waals surface area (Å²) in [6, 6.07) is 19.3. The van der Waals surface area contributed by atoms with Crippen LogP contribution in [0.3, 0.4) is 0 Å². The molecule has 10 aliphatic rings. The van der Waals surface area contributed by atoms with Gasteiger partial charge in [-0.05, 0) is 60.7 Å². The van der Waals surface area contributed by atoms with Gasteiger partial charge in [0.2, 0.25) is 0 Å². The van der Waals surface area contributed by atoms with E-state index in [0.29, 0.717) is 89.6 Å². The van der Waals surface area contributed by atoms with Gasteiger partial charge in [0.15, 0.2) is 0 Å². The van der Waals surface area contributed by atoms with Crippen molar-refractivity contribution in [2.75, 3.05) is 68.6 Å². The molecule has 0 saturated heterocycles. The minimum absolute atomic E-state index is 0.0247. The Morgan fingerprint density at radius 3 is 0.554 bits per heavy atom. The largest absolute Gasteiger partial charge is 0.496 e. The molecule has 0 spiro atoms. The third-order valence-electron chi connectivity index (χ3n) is 10.8. The molecule has 0 fully saturated rings. The third-order valence-corrected chi connectivity index (χ3v) is 10.8. The van der Waals surface area contributed by atoms with Gasteiger partial charge in [-0.15, -0.1) is 32.1 Å². The maximum atomic E-state index is 6.22. The van der Waals surface area contributed by atoms with Gasteiger partial charge in [0.1, 0.15) is 90.5 Å². The molecule has 65 heavy (non-hydrogen) atoms. The Morgan fingerprint density at radius 1 is 0.277 bits per heavy atom. The average Bonchev–Trinajstić information content (AvgIpc) is 3.32. The Kier molecular flexibility index (Phi) is 15.9. The number of methoxy groups -OCH3 is 5. The van der Waals surface area contributed by atoms with E-state index in [4.69, 9.17) is 79.5 Å². The zero-order valence-electron chi connectivity index (χ0n) is 37.3. The van der Waals surface area contributed by atoms with Crippen molar-refractivity contribution in [1.29, 1.82) is 0 Å². The minimum Gasteiger partial charge on any atom is -0.496 e. The van der Waals surface area contributed by atoms with Crippen molar-refractivity contribution in [3.05, 3.63) is 116 Å². The maximum Gasteiger partial charge on any atom is 0.148 e. The fourth-order valence-electron chi connectivity index (χ4n) is 7.85. The topological polar surface area (TPSA) is 92.3 Å². The van der Waals surface area contributed by atoms with Gasteiger partial charge < -0.3 is 47.4 Å². The summed E-state index contributed by atoms with van der Waals surface area (Å²) in [6.45, 7) is 0.124. The lowest BCUT2D eigenvalue weighted by atomic mass is 9.94. The number of rotatable bonds is 15. The summed E-state index contributed by atoms with van der Waals surface area (Å²) in [5, 5.41) is 0. The summed E-state index contributed by atoms with van der Waals surface area (Å²) in [4.78, 5) is 0. The van der Waals surface area contributed by atoms with Crippen LogP contribution < -0.4 is 47.4 Å². The number of ether oxygens (including phenoxy) is 10.